The number of hydrogen-bond acceptors (Lipinski definition) is 3. The van der Waals surface area contributed by atoms with Crippen molar-refractivity contribution in [1.82, 2.24) is 4.90 Å². The number of benzene rings is 2. The molecule has 2 fully saturated rings. The molecule has 2 saturated heterocycles. The average Bonchev–Trinajstić information content (AvgIpc) is 3.34. The van der Waals surface area contributed by atoms with Gasteiger partial charge >= 0.3 is 0 Å². The Morgan fingerprint density at radius 1 is 1.07 bits per heavy atom. The summed E-state index contributed by atoms with van der Waals surface area (Å²) >= 11 is 0. The highest BCUT2D eigenvalue weighted by atomic mass is 35.5. The van der Waals surface area contributed by atoms with E-state index < -0.39 is 17.6 Å². The third kappa shape index (κ3) is 4.04. The molecule has 0 bridgehead atoms. The second-order valence-electron chi connectivity index (χ2n) is 7.69. The fourth-order valence-corrected chi connectivity index (χ4v) is 4.41. The predicted octanol–water partition coefficient (Wildman–Crippen LogP) is 2.94. The van der Waals surface area contributed by atoms with E-state index in [0.29, 0.717) is 32.6 Å². The van der Waals surface area contributed by atoms with Crippen molar-refractivity contribution in [2.45, 2.75) is 12.3 Å². The first-order valence-corrected chi connectivity index (χ1v) is 9.80. The highest BCUT2D eigenvalue weighted by molar-refractivity contribution is 6.09. The lowest BCUT2D eigenvalue weighted by atomic mass is 9.89. The summed E-state index contributed by atoms with van der Waals surface area (Å²) in [4.78, 5) is 29.0. The molecule has 2 aromatic rings. The molecule has 2 amide bonds. The Labute approximate surface area is 180 Å². The van der Waals surface area contributed by atoms with Gasteiger partial charge in [-0.05, 0) is 36.6 Å². The smallest absolute Gasteiger partial charge is 0.239 e. The van der Waals surface area contributed by atoms with E-state index in [1.54, 1.807) is 4.90 Å². The van der Waals surface area contributed by atoms with E-state index in [0.717, 1.165) is 17.7 Å². The SMILES string of the molecule is Cl.NC[C@@H]1CN(C(=O)C2CCN(c3ccc(F)c(F)c3)C2=O)C[C@H]1c1ccccc1. The zero-order valence-corrected chi connectivity index (χ0v) is 17.2. The van der Waals surface area contributed by atoms with Crippen molar-refractivity contribution in [3.05, 3.63) is 65.7 Å². The van der Waals surface area contributed by atoms with E-state index in [-0.39, 0.29) is 41.7 Å². The summed E-state index contributed by atoms with van der Waals surface area (Å²) in [5.41, 5.74) is 7.36. The van der Waals surface area contributed by atoms with Crippen molar-refractivity contribution < 1.29 is 18.4 Å². The van der Waals surface area contributed by atoms with Gasteiger partial charge in [-0.25, -0.2) is 8.78 Å². The number of nitrogens with zero attached hydrogens (tertiary/aromatic N) is 2. The minimum absolute atomic E-state index is 0. The minimum atomic E-state index is -1.01. The van der Waals surface area contributed by atoms with E-state index in [9.17, 15) is 18.4 Å². The largest absolute Gasteiger partial charge is 0.341 e. The van der Waals surface area contributed by atoms with Gasteiger partial charge in [0.25, 0.3) is 0 Å². The molecule has 2 aliphatic heterocycles. The molecular formula is C22H24ClF2N3O2. The molecule has 2 aliphatic rings. The van der Waals surface area contributed by atoms with Crippen LogP contribution in [0.2, 0.25) is 0 Å². The molecule has 160 valence electrons. The van der Waals surface area contributed by atoms with Crippen LogP contribution in [0.1, 0.15) is 17.9 Å². The molecule has 30 heavy (non-hydrogen) atoms. The van der Waals surface area contributed by atoms with Gasteiger partial charge < -0.3 is 15.5 Å². The van der Waals surface area contributed by atoms with Gasteiger partial charge in [0.15, 0.2) is 11.6 Å². The summed E-state index contributed by atoms with van der Waals surface area (Å²) < 4.78 is 26.7. The van der Waals surface area contributed by atoms with Crippen LogP contribution in [0, 0.1) is 23.5 Å². The van der Waals surface area contributed by atoms with E-state index in [1.165, 1.54) is 11.0 Å². The van der Waals surface area contributed by atoms with E-state index in [1.807, 2.05) is 30.3 Å². The second kappa shape index (κ2) is 9.10. The number of anilines is 1. The Kier molecular flexibility index (Phi) is 6.73. The van der Waals surface area contributed by atoms with Gasteiger partial charge in [0, 0.05) is 37.3 Å². The molecule has 2 heterocycles. The molecule has 2 N–H and O–H groups in total. The summed E-state index contributed by atoms with van der Waals surface area (Å²) in [6.07, 6.45) is 0.358. The number of nitrogens with two attached hydrogens (primary N) is 1. The maximum absolute atomic E-state index is 13.5. The van der Waals surface area contributed by atoms with Crippen molar-refractivity contribution in [1.29, 1.82) is 0 Å². The number of carbonyl (C=O) groups is 2. The van der Waals surface area contributed by atoms with Crippen molar-refractivity contribution in [2.24, 2.45) is 17.6 Å². The lowest BCUT2D eigenvalue weighted by Crippen LogP contribution is -2.39. The average molecular weight is 436 g/mol. The van der Waals surface area contributed by atoms with Gasteiger partial charge in [-0.2, -0.15) is 0 Å². The summed E-state index contributed by atoms with van der Waals surface area (Å²) in [7, 11) is 0. The summed E-state index contributed by atoms with van der Waals surface area (Å²) in [5.74, 6) is -3.07. The van der Waals surface area contributed by atoms with Crippen LogP contribution >= 0.6 is 12.4 Å². The minimum Gasteiger partial charge on any atom is -0.341 e. The highest BCUT2D eigenvalue weighted by Crippen LogP contribution is 2.35. The standard InChI is InChI=1S/C22H23F2N3O2.ClH/c23-19-7-6-16(10-20(19)24)27-9-8-17(22(27)29)21(28)26-12-15(11-25)18(13-26)14-4-2-1-3-5-14;/h1-7,10,15,17-18H,8-9,11-13,25H2;1H/t15-,17?,18+;/m1./s1. The van der Waals surface area contributed by atoms with Gasteiger partial charge in [-0.3, -0.25) is 9.59 Å². The van der Waals surface area contributed by atoms with Gasteiger partial charge in [0.1, 0.15) is 5.92 Å². The lowest BCUT2D eigenvalue weighted by molar-refractivity contribution is -0.139. The van der Waals surface area contributed by atoms with Crippen LogP contribution in [-0.4, -0.2) is 42.9 Å². The molecule has 8 heteroatoms. The van der Waals surface area contributed by atoms with Crippen molar-refractivity contribution in [2.75, 3.05) is 31.1 Å². The topological polar surface area (TPSA) is 66.6 Å². The van der Waals surface area contributed by atoms with Crippen molar-refractivity contribution in [3.8, 4) is 0 Å². The highest BCUT2D eigenvalue weighted by Gasteiger charge is 2.43. The summed E-state index contributed by atoms with van der Waals surface area (Å²) in [5, 5.41) is 0. The fourth-order valence-electron chi connectivity index (χ4n) is 4.41. The molecular weight excluding hydrogens is 412 g/mol. The zero-order valence-electron chi connectivity index (χ0n) is 16.3. The fraction of sp³-hybridized carbons (Fsp3) is 0.364. The van der Waals surface area contributed by atoms with Crippen LogP contribution in [0.25, 0.3) is 0 Å². The molecule has 4 rings (SSSR count). The first-order valence-electron chi connectivity index (χ1n) is 9.80. The molecule has 0 aliphatic carbocycles. The van der Waals surface area contributed by atoms with Crippen LogP contribution in [0.3, 0.4) is 0 Å². The Hall–Kier alpha value is -2.51. The number of carbonyl (C=O) groups excluding carboxylic acids is 2. The van der Waals surface area contributed by atoms with Crippen LogP contribution in [0.15, 0.2) is 48.5 Å². The van der Waals surface area contributed by atoms with Crippen LogP contribution < -0.4 is 10.6 Å². The maximum atomic E-state index is 13.5. The molecule has 1 unspecified atom stereocenters. The number of halogens is 3. The first-order chi connectivity index (χ1) is 14.0. The van der Waals surface area contributed by atoms with Crippen LogP contribution in [0.5, 0.6) is 0 Å². The molecule has 3 atom stereocenters. The molecule has 0 aromatic heterocycles. The monoisotopic (exact) mass is 435 g/mol. The number of hydrogen-bond donors (Lipinski definition) is 1. The van der Waals surface area contributed by atoms with Crippen molar-refractivity contribution >= 4 is 29.9 Å². The molecule has 5 nitrogen and oxygen atoms in total. The maximum Gasteiger partial charge on any atom is 0.239 e. The number of rotatable bonds is 4. The van der Waals surface area contributed by atoms with Crippen LogP contribution in [-0.2, 0) is 9.59 Å². The molecule has 0 radical (unpaired) electrons. The van der Waals surface area contributed by atoms with Gasteiger partial charge in [-0.15, -0.1) is 12.4 Å². The Balaban J connectivity index is 0.00000256. The molecule has 0 saturated carbocycles. The third-order valence-electron chi connectivity index (χ3n) is 6.00. The van der Waals surface area contributed by atoms with Gasteiger partial charge in [-0.1, -0.05) is 30.3 Å². The van der Waals surface area contributed by atoms with E-state index in [4.69, 9.17) is 5.73 Å². The number of amides is 2. The zero-order chi connectivity index (χ0) is 20.5. The lowest BCUT2D eigenvalue weighted by Gasteiger charge is -2.21. The van der Waals surface area contributed by atoms with Crippen LogP contribution in [0.4, 0.5) is 14.5 Å². The van der Waals surface area contributed by atoms with E-state index >= 15 is 0 Å². The van der Waals surface area contributed by atoms with Gasteiger partial charge in [0.05, 0.1) is 0 Å². The second-order valence-corrected chi connectivity index (χ2v) is 7.69. The Bertz CT molecular complexity index is 928. The molecule has 0 spiro atoms. The quantitative estimate of drug-likeness (QED) is 0.751. The summed E-state index contributed by atoms with van der Waals surface area (Å²) in [6.45, 7) is 1.81. The van der Waals surface area contributed by atoms with Gasteiger partial charge in [0.2, 0.25) is 11.8 Å². The number of likely N-dealkylation sites (tertiary alicyclic amines) is 1. The first kappa shape index (κ1) is 22.2. The normalized spacial score (nSPS) is 23.6. The van der Waals surface area contributed by atoms with E-state index in [2.05, 4.69) is 0 Å². The summed E-state index contributed by atoms with van der Waals surface area (Å²) in [6, 6.07) is 13.3. The Morgan fingerprint density at radius 3 is 2.47 bits per heavy atom. The molecule has 2 aromatic carbocycles. The van der Waals surface area contributed by atoms with Crippen molar-refractivity contribution in [3.63, 3.8) is 0 Å². The Morgan fingerprint density at radius 2 is 1.80 bits per heavy atom. The predicted molar refractivity (Wildman–Crippen MR) is 112 cm³/mol. The third-order valence-corrected chi connectivity index (χ3v) is 6.00.